The molecule has 2 rings (SSSR count). The third kappa shape index (κ3) is 4.18. The highest BCUT2D eigenvalue weighted by molar-refractivity contribution is 6.30. The van der Waals surface area contributed by atoms with Gasteiger partial charge in [0.1, 0.15) is 5.82 Å². The fraction of sp³-hybridized carbons (Fsp3) is 0.333. The number of aromatic amines is 1. The van der Waals surface area contributed by atoms with Gasteiger partial charge in [-0.15, -0.1) is 0 Å². The Balaban J connectivity index is 2.20. The standard InChI is InChI=1S/C15H18ClN3O/c1-10(2)8-17-9-13-7-14(20)19-15(18-13)11-3-5-12(16)6-4-11/h3-7,10,17H,8-9H2,1-2H3,(H,18,19,20). The normalized spacial score (nSPS) is 11.0. The molecule has 0 unspecified atom stereocenters. The largest absolute Gasteiger partial charge is 0.311 e. The Morgan fingerprint density at radius 3 is 2.65 bits per heavy atom. The van der Waals surface area contributed by atoms with Gasteiger partial charge in [0.15, 0.2) is 0 Å². The van der Waals surface area contributed by atoms with E-state index in [-0.39, 0.29) is 5.56 Å². The van der Waals surface area contributed by atoms with E-state index in [0.717, 1.165) is 17.8 Å². The highest BCUT2D eigenvalue weighted by atomic mass is 35.5. The van der Waals surface area contributed by atoms with Gasteiger partial charge < -0.3 is 10.3 Å². The Kier molecular flexibility index (Phi) is 4.93. The topological polar surface area (TPSA) is 57.8 Å². The lowest BCUT2D eigenvalue weighted by molar-refractivity contribution is 0.548. The number of benzene rings is 1. The summed E-state index contributed by atoms with van der Waals surface area (Å²) >= 11 is 5.86. The molecule has 0 aliphatic rings. The molecule has 106 valence electrons. The third-order valence-electron chi connectivity index (χ3n) is 2.77. The molecule has 5 heteroatoms. The highest BCUT2D eigenvalue weighted by Crippen LogP contribution is 2.17. The smallest absolute Gasteiger partial charge is 0.251 e. The minimum absolute atomic E-state index is 0.147. The summed E-state index contributed by atoms with van der Waals surface area (Å²) in [5.74, 6) is 1.13. The summed E-state index contributed by atoms with van der Waals surface area (Å²) in [6.45, 7) is 5.75. The van der Waals surface area contributed by atoms with Gasteiger partial charge in [-0.05, 0) is 36.7 Å². The lowest BCUT2D eigenvalue weighted by Crippen LogP contribution is -2.21. The Bertz CT molecular complexity index is 620. The van der Waals surface area contributed by atoms with E-state index in [0.29, 0.717) is 23.3 Å². The van der Waals surface area contributed by atoms with E-state index in [2.05, 4.69) is 29.1 Å². The minimum atomic E-state index is -0.147. The Labute approximate surface area is 123 Å². The fourth-order valence-electron chi connectivity index (χ4n) is 1.83. The molecule has 0 fully saturated rings. The molecule has 0 amide bonds. The maximum absolute atomic E-state index is 11.7. The molecule has 20 heavy (non-hydrogen) atoms. The molecule has 0 spiro atoms. The summed E-state index contributed by atoms with van der Waals surface area (Å²) in [6.07, 6.45) is 0. The summed E-state index contributed by atoms with van der Waals surface area (Å²) in [5, 5.41) is 3.94. The van der Waals surface area contributed by atoms with Crippen LogP contribution in [-0.4, -0.2) is 16.5 Å². The van der Waals surface area contributed by atoms with E-state index >= 15 is 0 Å². The van der Waals surface area contributed by atoms with E-state index in [1.807, 2.05) is 12.1 Å². The number of aromatic nitrogens is 2. The summed E-state index contributed by atoms with van der Waals surface area (Å²) in [5.41, 5.74) is 1.43. The third-order valence-corrected chi connectivity index (χ3v) is 3.02. The molecular weight excluding hydrogens is 274 g/mol. The van der Waals surface area contributed by atoms with Crippen LogP contribution in [0.15, 0.2) is 35.1 Å². The van der Waals surface area contributed by atoms with Crippen molar-refractivity contribution in [2.24, 2.45) is 5.92 Å². The van der Waals surface area contributed by atoms with Gasteiger partial charge in [-0.25, -0.2) is 4.98 Å². The maximum atomic E-state index is 11.7. The van der Waals surface area contributed by atoms with E-state index in [9.17, 15) is 4.79 Å². The molecule has 4 nitrogen and oxygen atoms in total. The van der Waals surface area contributed by atoms with E-state index in [1.165, 1.54) is 6.07 Å². The number of hydrogen-bond acceptors (Lipinski definition) is 3. The van der Waals surface area contributed by atoms with Crippen LogP contribution in [0.3, 0.4) is 0 Å². The molecule has 2 aromatic rings. The van der Waals surface area contributed by atoms with Crippen molar-refractivity contribution in [3.05, 3.63) is 51.4 Å². The zero-order valence-electron chi connectivity index (χ0n) is 11.6. The first-order chi connectivity index (χ1) is 9.54. The van der Waals surface area contributed by atoms with Crippen molar-refractivity contribution in [1.82, 2.24) is 15.3 Å². The molecule has 0 radical (unpaired) electrons. The summed E-state index contributed by atoms with van der Waals surface area (Å²) in [4.78, 5) is 18.9. The predicted molar refractivity (Wildman–Crippen MR) is 81.8 cm³/mol. The summed E-state index contributed by atoms with van der Waals surface area (Å²) in [6, 6.07) is 8.76. The Morgan fingerprint density at radius 2 is 2.00 bits per heavy atom. The average molecular weight is 292 g/mol. The van der Waals surface area contributed by atoms with Crippen LogP contribution in [0.2, 0.25) is 5.02 Å². The SMILES string of the molecule is CC(C)CNCc1cc(=O)[nH]c(-c2ccc(Cl)cc2)n1. The van der Waals surface area contributed by atoms with Gasteiger partial charge in [-0.2, -0.15) is 0 Å². The number of nitrogens with zero attached hydrogens (tertiary/aromatic N) is 1. The minimum Gasteiger partial charge on any atom is -0.311 e. The van der Waals surface area contributed by atoms with Crippen molar-refractivity contribution in [2.45, 2.75) is 20.4 Å². The first-order valence-electron chi connectivity index (χ1n) is 6.61. The van der Waals surface area contributed by atoms with Crippen LogP contribution in [0.5, 0.6) is 0 Å². The van der Waals surface area contributed by atoms with Gasteiger partial charge >= 0.3 is 0 Å². The lowest BCUT2D eigenvalue weighted by Gasteiger charge is -2.08. The molecule has 0 saturated carbocycles. The fourth-order valence-corrected chi connectivity index (χ4v) is 1.96. The molecule has 0 aliphatic carbocycles. The van der Waals surface area contributed by atoms with Crippen LogP contribution in [0.1, 0.15) is 19.5 Å². The van der Waals surface area contributed by atoms with Crippen molar-refractivity contribution >= 4 is 11.6 Å². The lowest BCUT2D eigenvalue weighted by atomic mass is 10.2. The average Bonchev–Trinajstić information content (AvgIpc) is 2.38. The molecule has 1 heterocycles. The maximum Gasteiger partial charge on any atom is 0.251 e. The van der Waals surface area contributed by atoms with Crippen molar-refractivity contribution in [3.8, 4) is 11.4 Å². The van der Waals surface area contributed by atoms with Crippen LogP contribution in [-0.2, 0) is 6.54 Å². The molecule has 1 aromatic carbocycles. The van der Waals surface area contributed by atoms with Gasteiger partial charge in [-0.1, -0.05) is 25.4 Å². The second-order valence-electron chi connectivity index (χ2n) is 5.12. The van der Waals surface area contributed by atoms with Crippen molar-refractivity contribution in [1.29, 1.82) is 0 Å². The zero-order valence-corrected chi connectivity index (χ0v) is 12.4. The van der Waals surface area contributed by atoms with Crippen LogP contribution in [0.25, 0.3) is 11.4 Å². The first-order valence-corrected chi connectivity index (χ1v) is 6.99. The molecule has 0 atom stereocenters. The Hall–Kier alpha value is -1.65. The van der Waals surface area contributed by atoms with Gasteiger partial charge in [0.2, 0.25) is 0 Å². The molecule has 1 aromatic heterocycles. The monoisotopic (exact) mass is 291 g/mol. The van der Waals surface area contributed by atoms with Crippen molar-refractivity contribution < 1.29 is 0 Å². The van der Waals surface area contributed by atoms with Gasteiger partial charge in [0.25, 0.3) is 5.56 Å². The second-order valence-corrected chi connectivity index (χ2v) is 5.55. The predicted octanol–water partition coefficient (Wildman–Crippen LogP) is 2.84. The van der Waals surface area contributed by atoms with Crippen LogP contribution >= 0.6 is 11.6 Å². The van der Waals surface area contributed by atoms with Gasteiger partial charge in [-0.3, -0.25) is 4.79 Å². The Morgan fingerprint density at radius 1 is 1.30 bits per heavy atom. The quantitative estimate of drug-likeness (QED) is 0.890. The zero-order chi connectivity index (χ0) is 14.5. The van der Waals surface area contributed by atoms with Gasteiger partial charge in [0.05, 0.1) is 5.69 Å². The molecule has 0 bridgehead atoms. The van der Waals surface area contributed by atoms with E-state index in [1.54, 1.807) is 12.1 Å². The second kappa shape index (κ2) is 6.68. The highest BCUT2D eigenvalue weighted by Gasteiger charge is 2.04. The number of rotatable bonds is 5. The molecular formula is C15H18ClN3O. The number of hydrogen-bond donors (Lipinski definition) is 2. The van der Waals surface area contributed by atoms with Gasteiger partial charge in [0, 0.05) is 23.2 Å². The number of halogens is 1. The summed E-state index contributed by atoms with van der Waals surface area (Å²) < 4.78 is 0. The van der Waals surface area contributed by atoms with Crippen LogP contribution in [0.4, 0.5) is 0 Å². The van der Waals surface area contributed by atoms with Crippen LogP contribution < -0.4 is 10.9 Å². The first kappa shape index (κ1) is 14.8. The number of H-pyrrole nitrogens is 1. The number of nitrogens with one attached hydrogen (secondary N) is 2. The molecule has 0 aliphatic heterocycles. The van der Waals surface area contributed by atoms with Crippen molar-refractivity contribution in [3.63, 3.8) is 0 Å². The molecule has 2 N–H and O–H groups in total. The summed E-state index contributed by atoms with van der Waals surface area (Å²) in [7, 11) is 0. The van der Waals surface area contributed by atoms with Crippen molar-refractivity contribution in [2.75, 3.05) is 6.54 Å². The molecule has 0 saturated heterocycles. The van der Waals surface area contributed by atoms with E-state index < -0.39 is 0 Å². The van der Waals surface area contributed by atoms with E-state index in [4.69, 9.17) is 11.6 Å². The van der Waals surface area contributed by atoms with Crippen LogP contribution in [0, 0.1) is 5.92 Å².